The molecule has 0 spiro atoms. The summed E-state index contributed by atoms with van der Waals surface area (Å²) in [6, 6.07) is 4.97. The predicted octanol–water partition coefficient (Wildman–Crippen LogP) is 1.19. The zero-order valence-corrected chi connectivity index (χ0v) is 11.5. The molecule has 0 bridgehead atoms. The van der Waals surface area contributed by atoms with Gasteiger partial charge in [-0.3, -0.25) is 0 Å². The lowest BCUT2D eigenvalue weighted by molar-refractivity contribution is -0.144. The van der Waals surface area contributed by atoms with Crippen LogP contribution >= 0.6 is 0 Å². The number of carbonyl (C=O) groups excluding carboxylic acids is 1. The molecule has 0 aliphatic carbocycles. The van der Waals surface area contributed by atoms with Crippen LogP contribution in [0.4, 0.5) is 0 Å². The molecule has 6 nitrogen and oxygen atoms in total. The number of rotatable bonds is 5. The molecule has 2 atom stereocenters. The number of carbonyl (C=O) groups is 1. The van der Waals surface area contributed by atoms with E-state index in [9.17, 15) is 9.90 Å². The minimum absolute atomic E-state index is 0.289. The van der Waals surface area contributed by atoms with E-state index in [0.717, 1.165) is 0 Å². The van der Waals surface area contributed by atoms with Gasteiger partial charge in [0.25, 0.3) is 0 Å². The first-order chi connectivity index (χ1) is 9.60. The maximum Gasteiger partial charge on any atom is 0.335 e. The van der Waals surface area contributed by atoms with Gasteiger partial charge in [-0.1, -0.05) is 6.07 Å². The fraction of sp³-hybridized carbons (Fsp3) is 0.357. The van der Waals surface area contributed by atoms with Gasteiger partial charge in [0.1, 0.15) is 11.9 Å². The van der Waals surface area contributed by atoms with Crippen molar-refractivity contribution in [2.24, 2.45) is 0 Å². The Kier molecular flexibility index (Phi) is 4.14. The number of methoxy groups -OCH3 is 3. The van der Waals surface area contributed by atoms with Crippen LogP contribution in [0.5, 0.6) is 11.5 Å². The molecule has 1 aromatic rings. The van der Waals surface area contributed by atoms with Crippen LogP contribution in [0.15, 0.2) is 30.0 Å². The van der Waals surface area contributed by atoms with E-state index in [-0.39, 0.29) is 5.76 Å². The quantitative estimate of drug-likeness (QED) is 0.817. The van der Waals surface area contributed by atoms with Crippen molar-refractivity contribution in [3.05, 3.63) is 35.6 Å². The molecule has 2 rings (SSSR count). The van der Waals surface area contributed by atoms with E-state index >= 15 is 0 Å². The lowest BCUT2D eigenvalue weighted by Crippen LogP contribution is -2.22. The third-order valence-electron chi connectivity index (χ3n) is 3.06. The van der Waals surface area contributed by atoms with Crippen molar-refractivity contribution in [1.82, 2.24) is 0 Å². The zero-order valence-electron chi connectivity index (χ0n) is 11.5. The Morgan fingerprint density at radius 2 is 1.85 bits per heavy atom. The zero-order chi connectivity index (χ0) is 14.7. The van der Waals surface area contributed by atoms with Gasteiger partial charge in [-0.05, 0) is 17.7 Å². The van der Waals surface area contributed by atoms with Crippen molar-refractivity contribution >= 4 is 5.97 Å². The number of aliphatic hydroxyl groups excluding tert-OH is 1. The Balaban J connectivity index is 2.27. The summed E-state index contributed by atoms with van der Waals surface area (Å²) in [6.07, 6.45) is -0.688. The molecular formula is C14H16O6. The van der Waals surface area contributed by atoms with Gasteiger partial charge in [0.05, 0.1) is 27.4 Å². The first-order valence-electron chi connectivity index (χ1n) is 5.97. The smallest absolute Gasteiger partial charge is 0.335 e. The van der Waals surface area contributed by atoms with Gasteiger partial charge in [-0.15, -0.1) is 0 Å². The lowest BCUT2D eigenvalue weighted by Gasteiger charge is -2.20. The van der Waals surface area contributed by atoms with E-state index in [1.165, 1.54) is 27.4 Å². The molecule has 1 heterocycles. The molecule has 0 saturated carbocycles. The summed E-state index contributed by atoms with van der Waals surface area (Å²) < 4.78 is 20.4. The molecule has 20 heavy (non-hydrogen) atoms. The standard InChI is InChI=1S/C14H16O6/c1-17-9-5-4-8(6-10(9)18-2)13(16)14-11(19-3)7-12(15)20-14/h4-7,13-14,16H,1-3H3. The highest BCUT2D eigenvalue weighted by Gasteiger charge is 2.35. The van der Waals surface area contributed by atoms with Crippen LogP contribution in [0.2, 0.25) is 0 Å². The monoisotopic (exact) mass is 280 g/mol. The molecule has 2 unspecified atom stereocenters. The number of ether oxygens (including phenoxy) is 4. The lowest BCUT2D eigenvalue weighted by atomic mass is 10.0. The van der Waals surface area contributed by atoms with Crippen LogP contribution < -0.4 is 9.47 Å². The van der Waals surface area contributed by atoms with Crippen molar-refractivity contribution in [3.63, 3.8) is 0 Å². The molecule has 0 fully saturated rings. The summed E-state index contributed by atoms with van der Waals surface area (Å²) in [6.45, 7) is 0. The molecule has 0 saturated heterocycles. The maximum absolute atomic E-state index is 11.2. The molecule has 1 aromatic carbocycles. The summed E-state index contributed by atoms with van der Waals surface area (Å²) in [5, 5.41) is 10.3. The fourth-order valence-corrected chi connectivity index (χ4v) is 2.02. The highest BCUT2D eigenvalue weighted by atomic mass is 16.6. The molecule has 1 aliphatic rings. The molecule has 0 aromatic heterocycles. The highest BCUT2D eigenvalue weighted by molar-refractivity contribution is 5.85. The van der Waals surface area contributed by atoms with Crippen LogP contribution in [-0.2, 0) is 14.3 Å². The number of aliphatic hydroxyl groups is 1. The topological polar surface area (TPSA) is 74.2 Å². The minimum Gasteiger partial charge on any atom is -0.497 e. The number of benzene rings is 1. The summed E-state index contributed by atoms with van der Waals surface area (Å²) >= 11 is 0. The Labute approximate surface area is 116 Å². The van der Waals surface area contributed by atoms with Crippen molar-refractivity contribution < 1.29 is 28.8 Å². The van der Waals surface area contributed by atoms with Crippen LogP contribution in [0.3, 0.4) is 0 Å². The summed E-state index contributed by atoms with van der Waals surface area (Å²) in [4.78, 5) is 11.2. The third kappa shape index (κ3) is 2.55. The molecule has 108 valence electrons. The first kappa shape index (κ1) is 14.2. The summed E-state index contributed by atoms with van der Waals surface area (Å²) in [7, 11) is 4.45. The summed E-state index contributed by atoms with van der Waals surface area (Å²) in [5.74, 6) is 0.786. The largest absolute Gasteiger partial charge is 0.497 e. The van der Waals surface area contributed by atoms with Gasteiger partial charge in [-0.25, -0.2) is 4.79 Å². The Morgan fingerprint density at radius 1 is 1.15 bits per heavy atom. The molecule has 0 amide bonds. The van der Waals surface area contributed by atoms with Gasteiger partial charge >= 0.3 is 5.97 Å². The molecular weight excluding hydrogens is 264 g/mol. The Morgan fingerprint density at radius 3 is 2.45 bits per heavy atom. The van der Waals surface area contributed by atoms with Gasteiger partial charge in [0.2, 0.25) is 0 Å². The van der Waals surface area contributed by atoms with Crippen molar-refractivity contribution in [1.29, 1.82) is 0 Å². The number of cyclic esters (lactones) is 1. The van der Waals surface area contributed by atoms with E-state index in [2.05, 4.69) is 0 Å². The summed E-state index contributed by atoms with van der Waals surface area (Å²) in [5.41, 5.74) is 0.533. The van der Waals surface area contributed by atoms with E-state index in [4.69, 9.17) is 18.9 Å². The van der Waals surface area contributed by atoms with Crippen LogP contribution in [0.25, 0.3) is 0 Å². The molecule has 1 aliphatic heterocycles. The normalized spacial score (nSPS) is 19.1. The second-order valence-corrected chi connectivity index (χ2v) is 4.17. The third-order valence-corrected chi connectivity index (χ3v) is 3.06. The van der Waals surface area contributed by atoms with Crippen LogP contribution in [0.1, 0.15) is 11.7 Å². The molecule has 1 N–H and O–H groups in total. The second-order valence-electron chi connectivity index (χ2n) is 4.17. The second kappa shape index (κ2) is 5.83. The average Bonchev–Trinajstić information content (AvgIpc) is 2.86. The molecule has 0 radical (unpaired) electrons. The Hall–Kier alpha value is -2.21. The molecule has 6 heteroatoms. The van der Waals surface area contributed by atoms with Crippen LogP contribution in [0, 0.1) is 0 Å². The van der Waals surface area contributed by atoms with Gasteiger partial charge in [-0.2, -0.15) is 0 Å². The maximum atomic E-state index is 11.2. The van der Waals surface area contributed by atoms with E-state index in [0.29, 0.717) is 17.1 Å². The van der Waals surface area contributed by atoms with Gasteiger partial charge in [0, 0.05) is 0 Å². The van der Waals surface area contributed by atoms with E-state index < -0.39 is 18.2 Å². The SMILES string of the molecule is COC1=CC(=O)OC1C(O)c1ccc(OC)c(OC)c1. The fourth-order valence-electron chi connectivity index (χ4n) is 2.02. The Bertz CT molecular complexity index is 536. The van der Waals surface area contributed by atoms with E-state index in [1.807, 2.05) is 0 Å². The minimum atomic E-state index is -1.05. The average molecular weight is 280 g/mol. The number of hydrogen-bond acceptors (Lipinski definition) is 6. The number of esters is 1. The van der Waals surface area contributed by atoms with Crippen molar-refractivity contribution in [2.45, 2.75) is 12.2 Å². The number of hydrogen-bond donors (Lipinski definition) is 1. The first-order valence-corrected chi connectivity index (χ1v) is 5.97. The van der Waals surface area contributed by atoms with Crippen molar-refractivity contribution in [3.8, 4) is 11.5 Å². The van der Waals surface area contributed by atoms with Gasteiger partial charge in [0.15, 0.2) is 17.6 Å². The predicted molar refractivity (Wildman–Crippen MR) is 69.5 cm³/mol. The van der Waals surface area contributed by atoms with Crippen molar-refractivity contribution in [2.75, 3.05) is 21.3 Å². The van der Waals surface area contributed by atoms with E-state index in [1.54, 1.807) is 18.2 Å². The highest BCUT2D eigenvalue weighted by Crippen LogP contribution is 2.34. The van der Waals surface area contributed by atoms with Gasteiger partial charge < -0.3 is 24.1 Å². The van der Waals surface area contributed by atoms with Crippen LogP contribution in [-0.4, -0.2) is 38.5 Å².